The standard InChI is InChI=1S/C22H34N4OS/c1-5-17(27-4)12-14-6-11-18-19(14)20-21(23-13-24-22(20)28-18)25-15-7-9-16(10-8-15)26(2)3/h13-17H,5-12H2,1-4H3,(H,23,24,25)/t14-,15-,16-,17+/m1/s1. The van der Waals surface area contributed by atoms with Crippen LogP contribution in [0.2, 0.25) is 0 Å². The second-order valence-electron chi connectivity index (χ2n) is 8.69. The zero-order valence-electron chi connectivity index (χ0n) is 17.7. The summed E-state index contributed by atoms with van der Waals surface area (Å²) in [5.41, 5.74) is 1.51. The van der Waals surface area contributed by atoms with E-state index in [-0.39, 0.29) is 0 Å². The Morgan fingerprint density at radius 2 is 2.00 bits per heavy atom. The molecule has 2 heterocycles. The molecule has 5 nitrogen and oxygen atoms in total. The van der Waals surface area contributed by atoms with Crippen molar-refractivity contribution in [3.05, 3.63) is 16.8 Å². The molecule has 0 amide bonds. The summed E-state index contributed by atoms with van der Waals surface area (Å²) in [6.45, 7) is 2.22. The molecule has 0 unspecified atom stereocenters. The molecule has 28 heavy (non-hydrogen) atoms. The minimum atomic E-state index is 0.341. The van der Waals surface area contributed by atoms with E-state index in [1.807, 2.05) is 18.4 Å². The second-order valence-corrected chi connectivity index (χ2v) is 9.78. The number of nitrogens with zero attached hydrogens (tertiary/aromatic N) is 3. The van der Waals surface area contributed by atoms with Gasteiger partial charge >= 0.3 is 0 Å². The van der Waals surface area contributed by atoms with Crippen LogP contribution >= 0.6 is 11.3 Å². The van der Waals surface area contributed by atoms with Gasteiger partial charge in [-0.15, -0.1) is 11.3 Å². The first-order valence-electron chi connectivity index (χ1n) is 10.8. The summed E-state index contributed by atoms with van der Waals surface area (Å²) in [4.78, 5) is 14.4. The Morgan fingerprint density at radius 3 is 2.68 bits per heavy atom. The molecule has 2 aliphatic carbocycles. The predicted molar refractivity (Wildman–Crippen MR) is 118 cm³/mol. The van der Waals surface area contributed by atoms with Crippen LogP contribution in [0.5, 0.6) is 0 Å². The Balaban J connectivity index is 1.57. The van der Waals surface area contributed by atoms with Crippen molar-refractivity contribution in [1.29, 1.82) is 0 Å². The van der Waals surface area contributed by atoms with E-state index in [0.717, 1.165) is 29.5 Å². The molecule has 0 aliphatic heterocycles. The van der Waals surface area contributed by atoms with Gasteiger partial charge in [0.2, 0.25) is 0 Å². The summed E-state index contributed by atoms with van der Waals surface area (Å²) in [5.74, 6) is 1.64. The third kappa shape index (κ3) is 3.91. The summed E-state index contributed by atoms with van der Waals surface area (Å²) in [6.07, 6.45) is 11.6. The summed E-state index contributed by atoms with van der Waals surface area (Å²) in [6, 6.07) is 1.24. The van der Waals surface area contributed by atoms with Crippen LogP contribution in [-0.2, 0) is 11.2 Å². The lowest BCUT2D eigenvalue weighted by Crippen LogP contribution is -2.36. The molecule has 2 aromatic rings. The Bertz CT molecular complexity index is 793. The van der Waals surface area contributed by atoms with Crippen molar-refractivity contribution in [1.82, 2.24) is 14.9 Å². The number of rotatable bonds is 7. The van der Waals surface area contributed by atoms with E-state index in [9.17, 15) is 0 Å². The lowest BCUT2D eigenvalue weighted by Gasteiger charge is -2.33. The van der Waals surface area contributed by atoms with E-state index in [4.69, 9.17) is 9.72 Å². The molecule has 0 bridgehead atoms. The van der Waals surface area contributed by atoms with Gasteiger partial charge in [0.25, 0.3) is 0 Å². The van der Waals surface area contributed by atoms with Gasteiger partial charge in [-0.2, -0.15) is 0 Å². The zero-order valence-corrected chi connectivity index (χ0v) is 18.5. The summed E-state index contributed by atoms with van der Waals surface area (Å²) in [7, 11) is 6.24. The highest BCUT2D eigenvalue weighted by atomic mass is 32.1. The number of aromatic nitrogens is 2. The molecule has 0 radical (unpaired) electrons. The van der Waals surface area contributed by atoms with Gasteiger partial charge in [-0.05, 0) is 76.9 Å². The topological polar surface area (TPSA) is 50.3 Å². The molecular formula is C22H34N4OS. The maximum atomic E-state index is 5.70. The molecule has 1 fully saturated rings. The van der Waals surface area contributed by atoms with Crippen LogP contribution in [0.15, 0.2) is 6.33 Å². The number of hydrogen-bond acceptors (Lipinski definition) is 6. The van der Waals surface area contributed by atoms with Crippen molar-refractivity contribution in [2.24, 2.45) is 0 Å². The molecule has 0 saturated heterocycles. The predicted octanol–water partition coefficient (Wildman–Crippen LogP) is 4.82. The maximum absolute atomic E-state index is 5.70. The Morgan fingerprint density at radius 1 is 1.21 bits per heavy atom. The van der Waals surface area contributed by atoms with E-state index < -0.39 is 0 Å². The van der Waals surface area contributed by atoms with E-state index in [2.05, 4.69) is 36.2 Å². The Hall–Kier alpha value is -1.24. The molecule has 1 saturated carbocycles. The van der Waals surface area contributed by atoms with Gasteiger partial charge < -0.3 is 15.0 Å². The molecule has 4 rings (SSSR count). The minimum Gasteiger partial charge on any atom is -0.381 e. The first-order valence-corrected chi connectivity index (χ1v) is 11.6. The fourth-order valence-corrected chi connectivity index (χ4v) is 6.33. The molecule has 2 atom stereocenters. The summed E-state index contributed by atoms with van der Waals surface area (Å²) >= 11 is 1.87. The van der Waals surface area contributed by atoms with Crippen molar-refractivity contribution < 1.29 is 4.74 Å². The van der Waals surface area contributed by atoms with Crippen molar-refractivity contribution in [3.8, 4) is 0 Å². The lowest BCUT2D eigenvalue weighted by atomic mass is 9.90. The number of fused-ring (bicyclic) bond motifs is 3. The van der Waals surface area contributed by atoms with Crippen molar-refractivity contribution >= 4 is 27.4 Å². The van der Waals surface area contributed by atoms with Gasteiger partial charge in [0, 0.05) is 24.1 Å². The van der Waals surface area contributed by atoms with Crippen LogP contribution in [0, 0.1) is 0 Å². The largest absolute Gasteiger partial charge is 0.381 e. The van der Waals surface area contributed by atoms with Crippen LogP contribution in [0.4, 0.5) is 5.82 Å². The number of methoxy groups -OCH3 is 1. The number of aryl methyl sites for hydroxylation is 1. The number of anilines is 1. The first-order chi connectivity index (χ1) is 13.6. The van der Waals surface area contributed by atoms with Crippen LogP contribution in [-0.4, -0.2) is 54.3 Å². The van der Waals surface area contributed by atoms with E-state index in [1.165, 1.54) is 54.4 Å². The summed E-state index contributed by atoms with van der Waals surface area (Å²) < 4.78 is 5.70. The number of ether oxygens (including phenoxy) is 1. The van der Waals surface area contributed by atoms with Crippen molar-refractivity contribution in [3.63, 3.8) is 0 Å². The Labute approximate surface area is 172 Å². The van der Waals surface area contributed by atoms with Crippen LogP contribution in [0.3, 0.4) is 0 Å². The van der Waals surface area contributed by atoms with Gasteiger partial charge in [-0.1, -0.05) is 6.92 Å². The van der Waals surface area contributed by atoms with Crippen molar-refractivity contribution in [2.45, 2.75) is 82.4 Å². The van der Waals surface area contributed by atoms with Gasteiger partial charge in [0.15, 0.2) is 0 Å². The highest BCUT2D eigenvalue weighted by molar-refractivity contribution is 7.19. The number of nitrogens with one attached hydrogen (secondary N) is 1. The molecule has 2 aliphatic rings. The first kappa shape index (κ1) is 20.0. The molecule has 6 heteroatoms. The SMILES string of the molecule is CC[C@@H](C[C@H]1CCc2sc3ncnc(N[C@H]4CC[C@H](N(C)C)CC4)c3c21)OC. The fraction of sp³-hybridized carbons (Fsp3) is 0.727. The van der Waals surface area contributed by atoms with E-state index in [1.54, 1.807) is 6.33 Å². The smallest absolute Gasteiger partial charge is 0.138 e. The van der Waals surface area contributed by atoms with E-state index >= 15 is 0 Å². The van der Waals surface area contributed by atoms with Crippen LogP contribution < -0.4 is 5.32 Å². The molecule has 0 spiro atoms. The quantitative estimate of drug-likeness (QED) is 0.719. The van der Waals surface area contributed by atoms with Gasteiger partial charge in [0.1, 0.15) is 17.0 Å². The molecule has 2 aromatic heterocycles. The maximum Gasteiger partial charge on any atom is 0.138 e. The van der Waals surface area contributed by atoms with Gasteiger partial charge in [-0.25, -0.2) is 9.97 Å². The average molecular weight is 403 g/mol. The molecule has 154 valence electrons. The minimum absolute atomic E-state index is 0.341. The second kappa shape index (κ2) is 8.64. The van der Waals surface area contributed by atoms with E-state index in [0.29, 0.717) is 18.1 Å². The van der Waals surface area contributed by atoms with Gasteiger partial charge in [-0.3, -0.25) is 0 Å². The fourth-order valence-electron chi connectivity index (χ4n) is 5.09. The third-order valence-corrected chi connectivity index (χ3v) is 8.01. The van der Waals surface area contributed by atoms with Crippen molar-refractivity contribution in [2.75, 3.05) is 26.5 Å². The van der Waals surface area contributed by atoms with Gasteiger partial charge in [0.05, 0.1) is 11.5 Å². The monoisotopic (exact) mass is 402 g/mol. The van der Waals surface area contributed by atoms with Crippen LogP contribution in [0.1, 0.15) is 68.2 Å². The normalized spacial score (nSPS) is 26.0. The third-order valence-electron chi connectivity index (χ3n) is 6.83. The number of hydrogen-bond donors (Lipinski definition) is 1. The van der Waals surface area contributed by atoms with Crippen LogP contribution in [0.25, 0.3) is 10.2 Å². The highest BCUT2D eigenvalue weighted by Crippen LogP contribution is 2.47. The average Bonchev–Trinajstić information content (AvgIpc) is 3.26. The number of thiophene rings is 1. The summed E-state index contributed by atoms with van der Waals surface area (Å²) in [5, 5.41) is 5.10. The molecule has 1 N–H and O–H groups in total. The Kier molecular flexibility index (Phi) is 6.18. The molecular weight excluding hydrogens is 368 g/mol. The highest BCUT2D eigenvalue weighted by Gasteiger charge is 2.32. The lowest BCUT2D eigenvalue weighted by molar-refractivity contribution is 0.0858. The zero-order chi connectivity index (χ0) is 19.7. The molecule has 0 aromatic carbocycles.